The van der Waals surface area contributed by atoms with Crippen molar-refractivity contribution >= 4 is 33.7 Å². The zero-order chi connectivity index (χ0) is 18.5. The fraction of sp³-hybridized carbons (Fsp3) is 0.0952. The van der Waals surface area contributed by atoms with Gasteiger partial charge in [0, 0.05) is 22.1 Å². The zero-order valence-corrected chi connectivity index (χ0v) is 14.2. The molecule has 0 saturated heterocycles. The molecule has 0 aliphatic carbocycles. The molecular weight excluding hydrogens is 344 g/mol. The van der Waals surface area contributed by atoms with Crippen molar-refractivity contribution in [3.8, 4) is 11.5 Å². The molecule has 6 nitrogen and oxygen atoms in total. The number of hydrogen-bond acceptors (Lipinski definition) is 5. The Morgan fingerprint density at radius 2 is 1.63 bits per heavy atom. The van der Waals surface area contributed by atoms with Crippen molar-refractivity contribution in [1.29, 1.82) is 0 Å². The van der Waals surface area contributed by atoms with E-state index in [2.05, 4.69) is 4.98 Å². The molecule has 27 heavy (non-hydrogen) atoms. The first kappa shape index (κ1) is 15.7. The molecule has 0 spiro atoms. The van der Waals surface area contributed by atoms with Crippen molar-refractivity contribution in [3.63, 3.8) is 0 Å². The number of aliphatic hydroxyl groups excluding tert-OH is 1. The highest BCUT2D eigenvalue weighted by molar-refractivity contribution is 6.26. The molecule has 3 aromatic carbocycles. The third kappa shape index (κ3) is 2.20. The van der Waals surface area contributed by atoms with E-state index in [1.54, 1.807) is 24.3 Å². The van der Waals surface area contributed by atoms with Crippen LogP contribution >= 0.6 is 0 Å². The maximum absolute atomic E-state index is 12.7. The lowest BCUT2D eigenvalue weighted by atomic mass is 9.91. The van der Waals surface area contributed by atoms with Gasteiger partial charge < -0.3 is 9.52 Å². The van der Waals surface area contributed by atoms with Crippen LogP contribution in [0.4, 0.5) is 0 Å². The number of imide groups is 1. The maximum Gasteiger partial charge on any atom is 0.261 e. The van der Waals surface area contributed by atoms with Gasteiger partial charge in [-0.2, -0.15) is 0 Å². The molecule has 0 unspecified atom stereocenters. The topological polar surface area (TPSA) is 83.6 Å². The Hall–Kier alpha value is -3.51. The summed E-state index contributed by atoms with van der Waals surface area (Å²) in [6.45, 7) is -0.301. The molecule has 2 amide bonds. The fourth-order valence-corrected chi connectivity index (χ4v) is 3.62. The summed E-state index contributed by atoms with van der Waals surface area (Å²) < 4.78 is 5.88. The van der Waals surface area contributed by atoms with Crippen molar-refractivity contribution in [2.24, 2.45) is 0 Å². The SMILES string of the molecule is O=C1c2cccc3c(-c4nc5ccccc5o4)ccc(c23)C(=O)N1CCO. The minimum absolute atomic E-state index is 0.0274. The van der Waals surface area contributed by atoms with E-state index in [0.717, 1.165) is 21.4 Å². The number of β-amino-alcohol motifs (C(OH)–C–C–N with tert-alkyl or cyclic N) is 1. The van der Waals surface area contributed by atoms with Gasteiger partial charge in [0.05, 0.1) is 13.2 Å². The first-order valence-electron chi connectivity index (χ1n) is 8.58. The Morgan fingerprint density at radius 3 is 2.41 bits per heavy atom. The number of nitrogens with zero attached hydrogens (tertiary/aromatic N) is 2. The molecular formula is C21H14N2O4. The van der Waals surface area contributed by atoms with E-state index < -0.39 is 11.8 Å². The van der Waals surface area contributed by atoms with Crippen molar-refractivity contribution in [2.45, 2.75) is 0 Å². The number of aromatic nitrogens is 1. The molecule has 0 fully saturated rings. The van der Waals surface area contributed by atoms with Crippen LogP contribution in [-0.4, -0.2) is 40.0 Å². The highest BCUT2D eigenvalue weighted by atomic mass is 16.3. The number of oxazole rings is 1. The highest BCUT2D eigenvalue weighted by Gasteiger charge is 2.33. The van der Waals surface area contributed by atoms with Gasteiger partial charge in [-0.25, -0.2) is 4.98 Å². The normalized spacial score (nSPS) is 13.7. The fourth-order valence-electron chi connectivity index (χ4n) is 3.62. The Morgan fingerprint density at radius 1 is 0.889 bits per heavy atom. The van der Waals surface area contributed by atoms with Crippen molar-refractivity contribution < 1.29 is 19.1 Å². The number of amides is 2. The lowest BCUT2D eigenvalue weighted by Gasteiger charge is -2.27. The molecule has 132 valence electrons. The summed E-state index contributed by atoms with van der Waals surface area (Å²) in [5, 5.41) is 10.5. The Balaban J connectivity index is 1.78. The van der Waals surface area contributed by atoms with Crippen molar-refractivity contribution in [2.75, 3.05) is 13.2 Å². The monoisotopic (exact) mass is 358 g/mol. The molecule has 0 atom stereocenters. The Bertz CT molecular complexity index is 1190. The quantitative estimate of drug-likeness (QED) is 0.569. The van der Waals surface area contributed by atoms with Crippen LogP contribution in [0.15, 0.2) is 59.0 Å². The summed E-state index contributed by atoms with van der Waals surface area (Å²) in [7, 11) is 0. The van der Waals surface area contributed by atoms with Crippen LogP contribution in [0.5, 0.6) is 0 Å². The van der Waals surface area contributed by atoms with E-state index in [1.165, 1.54) is 0 Å². The van der Waals surface area contributed by atoms with Gasteiger partial charge in [0.15, 0.2) is 5.58 Å². The highest BCUT2D eigenvalue weighted by Crippen LogP contribution is 2.36. The van der Waals surface area contributed by atoms with Crippen LogP contribution in [0, 0.1) is 0 Å². The van der Waals surface area contributed by atoms with E-state index in [0.29, 0.717) is 28.0 Å². The average Bonchev–Trinajstić information content (AvgIpc) is 3.13. The molecule has 0 bridgehead atoms. The van der Waals surface area contributed by atoms with Crippen LogP contribution in [0.3, 0.4) is 0 Å². The van der Waals surface area contributed by atoms with E-state index in [1.807, 2.05) is 30.3 Å². The number of para-hydroxylation sites is 2. The predicted octanol–water partition coefficient (Wildman–Crippen LogP) is 3.24. The minimum atomic E-state index is -0.401. The molecule has 2 heterocycles. The second-order valence-electron chi connectivity index (χ2n) is 6.36. The van der Waals surface area contributed by atoms with E-state index >= 15 is 0 Å². The van der Waals surface area contributed by atoms with Gasteiger partial charge in [-0.15, -0.1) is 0 Å². The standard InChI is InChI=1S/C21H14N2O4/c24-11-10-23-20(25)14-5-3-4-12-13(8-9-15(18(12)14)21(23)26)19-22-16-6-1-2-7-17(16)27-19/h1-9,24H,10-11H2. The largest absolute Gasteiger partial charge is 0.436 e. The first-order valence-corrected chi connectivity index (χ1v) is 8.58. The van der Waals surface area contributed by atoms with Crippen LogP contribution < -0.4 is 0 Å². The number of carbonyl (C=O) groups excluding carboxylic acids is 2. The lowest BCUT2D eigenvalue weighted by molar-refractivity contribution is 0.0580. The Labute approximate surface area is 153 Å². The van der Waals surface area contributed by atoms with Gasteiger partial charge in [0.1, 0.15) is 5.52 Å². The molecule has 1 aromatic heterocycles. The molecule has 0 saturated carbocycles. The molecule has 1 aliphatic heterocycles. The number of carbonyl (C=O) groups is 2. The van der Waals surface area contributed by atoms with Gasteiger partial charge in [0.25, 0.3) is 11.8 Å². The predicted molar refractivity (Wildman–Crippen MR) is 99.4 cm³/mol. The van der Waals surface area contributed by atoms with Crippen LogP contribution in [0.2, 0.25) is 0 Å². The molecule has 4 aromatic rings. The van der Waals surface area contributed by atoms with Crippen LogP contribution in [0.1, 0.15) is 20.7 Å². The first-order chi connectivity index (χ1) is 13.2. The third-order valence-corrected chi connectivity index (χ3v) is 4.84. The molecule has 1 N–H and O–H groups in total. The summed E-state index contributed by atoms with van der Waals surface area (Å²) in [4.78, 5) is 31.1. The second-order valence-corrected chi connectivity index (χ2v) is 6.36. The number of benzene rings is 3. The minimum Gasteiger partial charge on any atom is -0.436 e. The van der Waals surface area contributed by atoms with Crippen LogP contribution in [0.25, 0.3) is 33.3 Å². The van der Waals surface area contributed by atoms with Gasteiger partial charge in [-0.3, -0.25) is 14.5 Å². The number of aliphatic hydroxyl groups is 1. The smallest absolute Gasteiger partial charge is 0.261 e. The van der Waals surface area contributed by atoms with E-state index in [4.69, 9.17) is 4.42 Å². The van der Waals surface area contributed by atoms with E-state index in [-0.39, 0.29) is 13.2 Å². The Kier molecular flexibility index (Phi) is 3.35. The molecule has 0 radical (unpaired) electrons. The van der Waals surface area contributed by atoms with Crippen molar-refractivity contribution in [3.05, 3.63) is 65.7 Å². The lowest BCUT2D eigenvalue weighted by Crippen LogP contribution is -2.41. The molecule has 5 rings (SSSR count). The summed E-state index contributed by atoms with van der Waals surface area (Å²) in [6, 6.07) is 16.3. The van der Waals surface area contributed by atoms with E-state index in [9.17, 15) is 14.7 Å². The summed E-state index contributed by atoms with van der Waals surface area (Å²) in [5.74, 6) is -0.360. The number of hydrogen-bond donors (Lipinski definition) is 1. The van der Waals surface area contributed by atoms with Crippen molar-refractivity contribution in [1.82, 2.24) is 9.88 Å². The van der Waals surface area contributed by atoms with Crippen LogP contribution in [-0.2, 0) is 0 Å². The average molecular weight is 358 g/mol. The van der Waals surface area contributed by atoms with Gasteiger partial charge >= 0.3 is 0 Å². The van der Waals surface area contributed by atoms with Gasteiger partial charge in [-0.1, -0.05) is 24.3 Å². The summed E-state index contributed by atoms with van der Waals surface area (Å²) in [5.41, 5.74) is 3.02. The summed E-state index contributed by atoms with van der Waals surface area (Å²) >= 11 is 0. The second kappa shape index (κ2) is 5.75. The zero-order valence-electron chi connectivity index (χ0n) is 14.2. The third-order valence-electron chi connectivity index (χ3n) is 4.84. The molecule has 1 aliphatic rings. The van der Waals surface area contributed by atoms with Gasteiger partial charge in [-0.05, 0) is 35.7 Å². The maximum atomic E-state index is 12.7. The molecule has 6 heteroatoms. The number of fused-ring (bicyclic) bond motifs is 1. The summed E-state index contributed by atoms with van der Waals surface area (Å²) in [6.07, 6.45) is 0. The van der Waals surface area contributed by atoms with Gasteiger partial charge in [0.2, 0.25) is 5.89 Å². The number of rotatable bonds is 3.